The molecule has 2 rings (SSSR count). The van der Waals surface area contributed by atoms with Gasteiger partial charge in [-0.15, -0.1) is 0 Å². The van der Waals surface area contributed by atoms with Gasteiger partial charge in [0.05, 0.1) is 0 Å². The van der Waals surface area contributed by atoms with Gasteiger partial charge >= 0.3 is 0 Å². The fourth-order valence-electron chi connectivity index (χ4n) is 1.82. The molecule has 0 unspecified atom stereocenters. The molecule has 5 heteroatoms. The van der Waals surface area contributed by atoms with E-state index in [0.717, 1.165) is 5.56 Å². The second kappa shape index (κ2) is 6.14. The van der Waals surface area contributed by atoms with E-state index >= 15 is 0 Å². The first-order chi connectivity index (χ1) is 9.56. The lowest BCUT2D eigenvalue weighted by Gasteiger charge is -2.08. The van der Waals surface area contributed by atoms with Crippen LogP contribution in [0.5, 0.6) is 0 Å². The lowest BCUT2D eigenvalue weighted by molar-refractivity contribution is -0.121. The number of amides is 1. The van der Waals surface area contributed by atoms with Gasteiger partial charge in [0.25, 0.3) is 5.56 Å². The summed E-state index contributed by atoms with van der Waals surface area (Å²) >= 11 is 0. The second-order valence-corrected chi connectivity index (χ2v) is 4.53. The highest BCUT2D eigenvalue weighted by Crippen LogP contribution is 2.08. The van der Waals surface area contributed by atoms with Crippen molar-refractivity contribution >= 4 is 5.91 Å². The van der Waals surface area contributed by atoms with Crippen LogP contribution in [0.25, 0.3) is 0 Å². The number of nitrogens with zero attached hydrogens (tertiary/aromatic N) is 1. The average Bonchev–Trinajstić information content (AvgIpc) is 2.43. The summed E-state index contributed by atoms with van der Waals surface area (Å²) < 4.78 is 14.4. The van der Waals surface area contributed by atoms with Gasteiger partial charge in [0.1, 0.15) is 12.4 Å². The molecule has 0 aliphatic rings. The Morgan fingerprint density at radius 2 is 2.10 bits per heavy atom. The molecule has 1 aromatic carbocycles. The van der Waals surface area contributed by atoms with Crippen molar-refractivity contribution in [3.8, 4) is 0 Å². The van der Waals surface area contributed by atoms with E-state index in [-0.39, 0.29) is 23.8 Å². The minimum atomic E-state index is -0.268. The number of aryl methyl sites for hydroxylation is 1. The zero-order chi connectivity index (χ0) is 14.5. The number of hydrogen-bond donors (Lipinski definition) is 1. The first-order valence-corrected chi connectivity index (χ1v) is 6.23. The van der Waals surface area contributed by atoms with Crippen molar-refractivity contribution in [1.29, 1.82) is 0 Å². The summed E-state index contributed by atoms with van der Waals surface area (Å²) in [5.74, 6) is -0.531. The molecule has 0 bridgehead atoms. The maximum absolute atomic E-state index is 13.1. The highest BCUT2D eigenvalue weighted by Gasteiger charge is 2.04. The number of aromatic nitrogens is 1. The largest absolute Gasteiger partial charge is 0.350 e. The number of halogens is 1. The van der Waals surface area contributed by atoms with Gasteiger partial charge in [0.15, 0.2) is 0 Å². The molecular formula is C15H15FN2O2. The van der Waals surface area contributed by atoms with Crippen molar-refractivity contribution in [3.63, 3.8) is 0 Å². The third-order valence-electron chi connectivity index (χ3n) is 2.92. The molecule has 0 saturated heterocycles. The Morgan fingerprint density at radius 1 is 1.30 bits per heavy atom. The van der Waals surface area contributed by atoms with E-state index in [1.807, 2.05) is 0 Å². The van der Waals surface area contributed by atoms with Crippen LogP contribution in [0.2, 0.25) is 0 Å². The minimum absolute atomic E-state index is 0.0279. The van der Waals surface area contributed by atoms with E-state index in [1.54, 1.807) is 37.4 Å². The number of carbonyl (C=O) groups is 1. The predicted molar refractivity (Wildman–Crippen MR) is 73.7 cm³/mol. The van der Waals surface area contributed by atoms with Crippen LogP contribution < -0.4 is 10.9 Å². The molecule has 1 N–H and O–H groups in total. The molecule has 0 aliphatic heterocycles. The summed E-state index contributed by atoms with van der Waals surface area (Å²) in [6.07, 6.45) is 1.56. The van der Waals surface area contributed by atoms with Crippen LogP contribution in [0.1, 0.15) is 11.1 Å². The quantitative estimate of drug-likeness (QED) is 0.921. The Hall–Kier alpha value is -2.43. The van der Waals surface area contributed by atoms with Crippen LogP contribution >= 0.6 is 0 Å². The van der Waals surface area contributed by atoms with E-state index in [1.165, 1.54) is 16.7 Å². The Balaban J connectivity index is 1.94. The van der Waals surface area contributed by atoms with Gasteiger partial charge in [-0.25, -0.2) is 4.39 Å². The zero-order valence-corrected chi connectivity index (χ0v) is 11.1. The number of benzene rings is 1. The molecule has 1 aromatic heterocycles. The maximum atomic E-state index is 13.1. The predicted octanol–water partition coefficient (Wildman–Crippen LogP) is 1.61. The number of rotatable bonds is 4. The van der Waals surface area contributed by atoms with Gasteiger partial charge in [0, 0.05) is 18.8 Å². The Morgan fingerprint density at radius 3 is 2.80 bits per heavy atom. The fourth-order valence-corrected chi connectivity index (χ4v) is 1.82. The molecule has 0 fully saturated rings. The van der Waals surface area contributed by atoms with E-state index in [0.29, 0.717) is 12.1 Å². The number of pyridine rings is 1. The molecule has 0 aliphatic carbocycles. The van der Waals surface area contributed by atoms with Gasteiger partial charge in [-0.2, -0.15) is 0 Å². The second-order valence-electron chi connectivity index (χ2n) is 4.53. The molecule has 20 heavy (non-hydrogen) atoms. The standard InChI is InChI=1S/C15H15FN2O2/c1-11-8-12(5-6-13(11)16)9-17-14(19)10-18-7-3-2-4-15(18)20/h2-8H,9-10H2,1H3,(H,17,19). The molecular weight excluding hydrogens is 259 g/mol. The Labute approximate surface area is 115 Å². The lowest BCUT2D eigenvalue weighted by atomic mass is 10.1. The van der Waals surface area contributed by atoms with Crippen LogP contribution in [0.15, 0.2) is 47.4 Å². The van der Waals surface area contributed by atoms with E-state index in [2.05, 4.69) is 5.32 Å². The lowest BCUT2D eigenvalue weighted by Crippen LogP contribution is -2.31. The topological polar surface area (TPSA) is 51.1 Å². The van der Waals surface area contributed by atoms with Crippen molar-refractivity contribution in [2.45, 2.75) is 20.0 Å². The first-order valence-electron chi connectivity index (χ1n) is 6.23. The molecule has 0 spiro atoms. The maximum Gasteiger partial charge on any atom is 0.250 e. The van der Waals surface area contributed by atoms with Crippen molar-refractivity contribution < 1.29 is 9.18 Å². The molecule has 2 aromatic rings. The monoisotopic (exact) mass is 274 g/mol. The van der Waals surface area contributed by atoms with Gasteiger partial charge < -0.3 is 9.88 Å². The smallest absolute Gasteiger partial charge is 0.250 e. The Bertz CT molecular complexity index is 680. The molecule has 4 nitrogen and oxygen atoms in total. The molecule has 0 saturated carbocycles. The molecule has 1 heterocycles. The van der Waals surface area contributed by atoms with Crippen LogP contribution in [0, 0.1) is 12.7 Å². The van der Waals surface area contributed by atoms with Crippen molar-refractivity contribution in [3.05, 3.63) is 69.9 Å². The molecule has 104 valence electrons. The number of nitrogens with one attached hydrogen (secondary N) is 1. The van der Waals surface area contributed by atoms with Crippen LogP contribution in [-0.4, -0.2) is 10.5 Å². The summed E-state index contributed by atoms with van der Waals surface area (Å²) in [5, 5.41) is 2.70. The van der Waals surface area contributed by atoms with Crippen LogP contribution in [0.4, 0.5) is 4.39 Å². The molecule has 0 atom stereocenters. The van der Waals surface area contributed by atoms with Crippen LogP contribution in [0.3, 0.4) is 0 Å². The summed E-state index contributed by atoms with van der Waals surface area (Å²) in [6, 6.07) is 9.40. The van der Waals surface area contributed by atoms with E-state index in [4.69, 9.17) is 0 Å². The van der Waals surface area contributed by atoms with Gasteiger partial charge in [-0.1, -0.05) is 18.2 Å². The molecule has 0 radical (unpaired) electrons. The van der Waals surface area contributed by atoms with Crippen LogP contribution in [-0.2, 0) is 17.9 Å². The Kier molecular flexibility index (Phi) is 4.30. The van der Waals surface area contributed by atoms with Crippen molar-refractivity contribution in [2.75, 3.05) is 0 Å². The van der Waals surface area contributed by atoms with Gasteiger partial charge in [-0.3, -0.25) is 9.59 Å². The average molecular weight is 274 g/mol. The van der Waals surface area contributed by atoms with Crippen molar-refractivity contribution in [2.24, 2.45) is 0 Å². The van der Waals surface area contributed by atoms with Gasteiger partial charge in [0.2, 0.25) is 5.91 Å². The van der Waals surface area contributed by atoms with E-state index < -0.39 is 0 Å². The number of hydrogen-bond acceptors (Lipinski definition) is 2. The third kappa shape index (κ3) is 3.54. The van der Waals surface area contributed by atoms with Gasteiger partial charge in [-0.05, 0) is 30.2 Å². The zero-order valence-electron chi connectivity index (χ0n) is 11.1. The summed E-state index contributed by atoms with van der Waals surface area (Å²) in [4.78, 5) is 23.2. The first kappa shape index (κ1) is 14.0. The normalized spacial score (nSPS) is 10.3. The fraction of sp³-hybridized carbons (Fsp3) is 0.200. The minimum Gasteiger partial charge on any atom is -0.350 e. The van der Waals surface area contributed by atoms with Crippen molar-refractivity contribution in [1.82, 2.24) is 9.88 Å². The third-order valence-corrected chi connectivity index (χ3v) is 2.92. The summed E-state index contributed by atoms with van der Waals surface area (Å²) in [6.45, 7) is 1.95. The van der Waals surface area contributed by atoms with E-state index in [9.17, 15) is 14.0 Å². The SMILES string of the molecule is Cc1cc(CNC(=O)Cn2ccccc2=O)ccc1F. The molecule has 1 amide bonds. The summed E-state index contributed by atoms with van der Waals surface area (Å²) in [5.41, 5.74) is 1.13. The highest BCUT2D eigenvalue weighted by molar-refractivity contribution is 5.75. The number of carbonyl (C=O) groups excluding carboxylic acids is 1. The summed E-state index contributed by atoms with van der Waals surface area (Å²) in [7, 11) is 0. The highest BCUT2D eigenvalue weighted by atomic mass is 19.1.